The van der Waals surface area contributed by atoms with Crippen LogP contribution in [-0.2, 0) is 14.3 Å². The minimum atomic E-state index is -0.611. The van der Waals surface area contributed by atoms with Crippen LogP contribution in [-0.4, -0.2) is 32.3 Å². The van der Waals surface area contributed by atoms with Gasteiger partial charge in [-0.1, -0.05) is 0 Å². The standard InChI is InChI=1S/C6H13NO3/c1-3-10-6(8)5(4-7)9-2/h5H,3-4,7H2,1-2H3/t5-/m0/s1. The van der Waals surface area contributed by atoms with Crippen LogP contribution in [0.25, 0.3) is 0 Å². The molecule has 0 bridgehead atoms. The van der Waals surface area contributed by atoms with Gasteiger partial charge in [0.1, 0.15) is 0 Å². The van der Waals surface area contributed by atoms with Gasteiger partial charge in [0, 0.05) is 13.7 Å². The van der Waals surface area contributed by atoms with E-state index in [1.807, 2.05) is 0 Å². The van der Waals surface area contributed by atoms with Gasteiger partial charge < -0.3 is 15.2 Å². The molecule has 1 atom stereocenters. The molecule has 0 aliphatic carbocycles. The number of nitrogens with two attached hydrogens (primary N) is 1. The Morgan fingerprint density at radius 2 is 2.30 bits per heavy atom. The molecule has 4 nitrogen and oxygen atoms in total. The number of methoxy groups -OCH3 is 1. The zero-order valence-corrected chi connectivity index (χ0v) is 6.29. The Hall–Kier alpha value is -0.610. The van der Waals surface area contributed by atoms with Crippen molar-refractivity contribution in [2.75, 3.05) is 20.3 Å². The van der Waals surface area contributed by atoms with Crippen molar-refractivity contribution in [1.29, 1.82) is 0 Å². The molecule has 2 N–H and O–H groups in total. The van der Waals surface area contributed by atoms with Crippen LogP contribution in [0.2, 0.25) is 0 Å². The molecule has 0 fully saturated rings. The topological polar surface area (TPSA) is 61.5 Å². The zero-order valence-electron chi connectivity index (χ0n) is 6.29. The number of hydrogen-bond donors (Lipinski definition) is 1. The summed E-state index contributed by atoms with van der Waals surface area (Å²) in [5.41, 5.74) is 5.19. The summed E-state index contributed by atoms with van der Waals surface area (Å²) >= 11 is 0. The molecule has 0 radical (unpaired) electrons. The molecule has 0 spiro atoms. The Morgan fingerprint density at radius 1 is 1.70 bits per heavy atom. The number of esters is 1. The fraction of sp³-hybridized carbons (Fsp3) is 0.833. The molecule has 0 aliphatic heterocycles. The van der Waals surface area contributed by atoms with Gasteiger partial charge in [-0.2, -0.15) is 0 Å². The molecule has 0 aromatic carbocycles. The molecule has 0 saturated carbocycles. The first kappa shape index (κ1) is 9.39. The summed E-state index contributed by atoms with van der Waals surface area (Å²) in [6.45, 7) is 2.26. The van der Waals surface area contributed by atoms with Gasteiger partial charge in [-0.15, -0.1) is 0 Å². The van der Waals surface area contributed by atoms with E-state index in [9.17, 15) is 4.79 Å². The summed E-state index contributed by atoms with van der Waals surface area (Å²) in [5, 5.41) is 0. The Balaban J connectivity index is 3.65. The average molecular weight is 147 g/mol. The first-order valence-corrected chi connectivity index (χ1v) is 3.15. The van der Waals surface area contributed by atoms with Gasteiger partial charge in [0.15, 0.2) is 6.10 Å². The van der Waals surface area contributed by atoms with Crippen LogP contribution in [0.1, 0.15) is 6.92 Å². The third kappa shape index (κ3) is 2.80. The van der Waals surface area contributed by atoms with Crippen LogP contribution in [0.4, 0.5) is 0 Å². The van der Waals surface area contributed by atoms with Crippen LogP contribution in [0.15, 0.2) is 0 Å². The summed E-state index contributed by atoms with van der Waals surface area (Å²) in [7, 11) is 1.43. The third-order valence-electron chi connectivity index (χ3n) is 1.05. The van der Waals surface area contributed by atoms with E-state index in [0.717, 1.165) is 0 Å². The molecule has 0 unspecified atom stereocenters. The molecule has 60 valence electrons. The molecule has 4 heteroatoms. The zero-order chi connectivity index (χ0) is 7.98. The molecule has 0 aromatic heterocycles. The summed E-state index contributed by atoms with van der Waals surface area (Å²) in [5.74, 6) is -0.396. The van der Waals surface area contributed by atoms with Gasteiger partial charge in [-0.05, 0) is 6.92 Å². The van der Waals surface area contributed by atoms with Crippen molar-refractivity contribution in [2.24, 2.45) is 5.73 Å². The number of carbonyl (C=O) groups is 1. The van der Waals surface area contributed by atoms with E-state index in [1.165, 1.54) is 7.11 Å². The summed E-state index contributed by atoms with van der Waals surface area (Å²) < 4.78 is 9.36. The summed E-state index contributed by atoms with van der Waals surface area (Å²) in [6.07, 6.45) is -0.611. The van der Waals surface area contributed by atoms with Crippen LogP contribution >= 0.6 is 0 Å². The molecular formula is C6H13NO3. The maximum atomic E-state index is 10.8. The highest BCUT2D eigenvalue weighted by molar-refractivity contribution is 5.74. The smallest absolute Gasteiger partial charge is 0.336 e. The Kier molecular flexibility index (Phi) is 4.88. The fourth-order valence-corrected chi connectivity index (χ4v) is 0.524. The van der Waals surface area contributed by atoms with Crippen molar-refractivity contribution >= 4 is 5.97 Å². The number of carbonyl (C=O) groups excluding carboxylic acids is 1. The first-order chi connectivity index (χ1) is 4.76. The second kappa shape index (κ2) is 5.20. The Labute approximate surface area is 60.3 Å². The second-order valence-electron chi connectivity index (χ2n) is 1.71. The predicted octanol–water partition coefficient (Wildman–Crippen LogP) is -0.477. The maximum absolute atomic E-state index is 10.8. The highest BCUT2D eigenvalue weighted by atomic mass is 16.6. The van der Waals surface area contributed by atoms with E-state index in [0.29, 0.717) is 6.61 Å². The van der Waals surface area contributed by atoms with Gasteiger partial charge >= 0.3 is 5.97 Å². The Morgan fingerprint density at radius 3 is 2.60 bits per heavy atom. The van der Waals surface area contributed by atoms with Crippen molar-refractivity contribution in [3.8, 4) is 0 Å². The highest BCUT2D eigenvalue weighted by Gasteiger charge is 2.15. The van der Waals surface area contributed by atoms with E-state index >= 15 is 0 Å². The molecule has 0 aromatic rings. The van der Waals surface area contributed by atoms with Crippen molar-refractivity contribution in [3.05, 3.63) is 0 Å². The minimum Gasteiger partial charge on any atom is -0.464 e. The SMILES string of the molecule is CCOC(=O)[C@H](CN)OC. The second-order valence-corrected chi connectivity index (χ2v) is 1.71. The molecular weight excluding hydrogens is 134 g/mol. The molecule has 0 heterocycles. The quantitative estimate of drug-likeness (QED) is 0.546. The maximum Gasteiger partial charge on any atom is 0.336 e. The van der Waals surface area contributed by atoms with Crippen molar-refractivity contribution in [2.45, 2.75) is 13.0 Å². The van der Waals surface area contributed by atoms with Crippen molar-refractivity contribution < 1.29 is 14.3 Å². The van der Waals surface area contributed by atoms with Gasteiger partial charge in [-0.3, -0.25) is 0 Å². The highest BCUT2D eigenvalue weighted by Crippen LogP contribution is 1.90. The van der Waals surface area contributed by atoms with Gasteiger partial charge in [0.2, 0.25) is 0 Å². The third-order valence-corrected chi connectivity index (χ3v) is 1.05. The summed E-state index contributed by atoms with van der Waals surface area (Å²) in [4.78, 5) is 10.8. The number of rotatable bonds is 4. The van der Waals surface area contributed by atoms with E-state index in [4.69, 9.17) is 10.5 Å². The number of hydrogen-bond acceptors (Lipinski definition) is 4. The van der Waals surface area contributed by atoms with E-state index in [2.05, 4.69) is 4.74 Å². The molecule has 0 amide bonds. The lowest BCUT2D eigenvalue weighted by Gasteiger charge is -2.10. The van der Waals surface area contributed by atoms with E-state index in [1.54, 1.807) is 6.92 Å². The lowest BCUT2D eigenvalue weighted by Crippen LogP contribution is -2.32. The predicted molar refractivity (Wildman–Crippen MR) is 36.5 cm³/mol. The largest absolute Gasteiger partial charge is 0.464 e. The van der Waals surface area contributed by atoms with Gasteiger partial charge in [0.05, 0.1) is 6.61 Å². The van der Waals surface area contributed by atoms with Crippen LogP contribution in [0.3, 0.4) is 0 Å². The lowest BCUT2D eigenvalue weighted by molar-refractivity contribution is -0.154. The molecule has 0 aliphatic rings. The first-order valence-electron chi connectivity index (χ1n) is 3.15. The van der Waals surface area contributed by atoms with Gasteiger partial charge in [0.25, 0.3) is 0 Å². The van der Waals surface area contributed by atoms with Crippen LogP contribution < -0.4 is 5.73 Å². The Bertz CT molecular complexity index is 101. The summed E-state index contributed by atoms with van der Waals surface area (Å²) in [6, 6.07) is 0. The minimum absolute atomic E-state index is 0.162. The van der Waals surface area contributed by atoms with Crippen LogP contribution in [0.5, 0.6) is 0 Å². The van der Waals surface area contributed by atoms with E-state index < -0.39 is 12.1 Å². The van der Waals surface area contributed by atoms with Crippen molar-refractivity contribution in [3.63, 3.8) is 0 Å². The van der Waals surface area contributed by atoms with Gasteiger partial charge in [-0.25, -0.2) is 4.79 Å². The van der Waals surface area contributed by atoms with E-state index in [-0.39, 0.29) is 6.54 Å². The average Bonchev–Trinajstić information content (AvgIpc) is 1.91. The fourth-order valence-electron chi connectivity index (χ4n) is 0.524. The van der Waals surface area contributed by atoms with Crippen molar-refractivity contribution in [1.82, 2.24) is 0 Å². The molecule has 10 heavy (non-hydrogen) atoms. The molecule has 0 saturated heterocycles. The van der Waals surface area contributed by atoms with Crippen LogP contribution in [0, 0.1) is 0 Å². The monoisotopic (exact) mass is 147 g/mol. The lowest BCUT2D eigenvalue weighted by atomic mass is 10.4. The normalized spacial score (nSPS) is 12.7. The molecule has 0 rings (SSSR count). The number of ether oxygens (including phenoxy) is 2.